The van der Waals surface area contributed by atoms with Crippen molar-refractivity contribution in [2.75, 3.05) is 5.32 Å². The van der Waals surface area contributed by atoms with Gasteiger partial charge in [-0.25, -0.2) is 9.07 Å². The van der Waals surface area contributed by atoms with Crippen molar-refractivity contribution < 1.29 is 9.18 Å². The van der Waals surface area contributed by atoms with Crippen molar-refractivity contribution >= 4 is 11.6 Å². The third kappa shape index (κ3) is 3.34. The Bertz CT molecular complexity index is 738. The van der Waals surface area contributed by atoms with E-state index in [1.165, 1.54) is 22.9 Å². The van der Waals surface area contributed by atoms with Gasteiger partial charge in [-0.05, 0) is 44.5 Å². The van der Waals surface area contributed by atoms with E-state index in [1.807, 2.05) is 0 Å². The average molecular weight is 289 g/mol. The Morgan fingerprint density at radius 1 is 1.29 bits per heavy atom. The van der Waals surface area contributed by atoms with Crippen LogP contribution in [0.25, 0.3) is 0 Å². The lowest BCUT2D eigenvalue weighted by Crippen LogP contribution is -2.27. The lowest BCUT2D eigenvalue weighted by Gasteiger charge is -2.10. The molecule has 2 rings (SSSR count). The van der Waals surface area contributed by atoms with E-state index in [4.69, 9.17) is 0 Å². The summed E-state index contributed by atoms with van der Waals surface area (Å²) in [5.41, 5.74) is 0.666. The van der Waals surface area contributed by atoms with Crippen LogP contribution in [0.1, 0.15) is 35.9 Å². The number of rotatable bonds is 3. The lowest BCUT2D eigenvalue weighted by molar-refractivity contribution is 0.101. The van der Waals surface area contributed by atoms with E-state index in [1.54, 1.807) is 32.9 Å². The van der Waals surface area contributed by atoms with Gasteiger partial charge in [-0.1, -0.05) is 6.07 Å². The quantitative estimate of drug-likeness (QED) is 0.944. The number of nitrogens with one attached hydrogen (secondary N) is 1. The second kappa shape index (κ2) is 5.87. The summed E-state index contributed by atoms with van der Waals surface area (Å²) in [5, 5.41) is 6.56. The van der Waals surface area contributed by atoms with Crippen LogP contribution < -0.4 is 10.9 Å². The maximum Gasteiger partial charge on any atom is 0.276 e. The van der Waals surface area contributed by atoms with Gasteiger partial charge in [-0.3, -0.25) is 9.59 Å². The molecule has 0 radical (unpaired) electrons. The summed E-state index contributed by atoms with van der Waals surface area (Å²) in [5.74, 6) is -0.888. The smallest absolute Gasteiger partial charge is 0.276 e. The van der Waals surface area contributed by atoms with Gasteiger partial charge in [-0.15, -0.1) is 0 Å². The van der Waals surface area contributed by atoms with Crippen LogP contribution in [-0.2, 0) is 0 Å². The highest BCUT2D eigenvalue weighted by Crippen LogP contribution is 2.14. The fourth-order valence-corrected chi connectivity index (χ4v) is 1.78. The summed E-state index contributed by atoms with van der Waals surface area (Å²) in [6.45, 7) is 5.23. The molecule has 6 heteroatoms. The number of aryl methyl sites for hydroxylation is 1. The van der Waals surface area contributed by atoms with Gasteiger partial charge in [0.2, 0.25) is 0 Å². The van der Waals surface area contributed by atoms with E-state index in [-0.39, 0.29) is 17.3 Å². The number of hydrogen-bond donors (Lipinski definition) is 1. The molecule has 0 bridgehead atoms. The molecule has 0 aliphatic carbocycles. The molecule has 1 aromatic carbocycles. The molecule has 0 atom stereocenters. The Labute approximate surface area is 121 Å². The summed E-state index contributed by atoms with van der Waals surface area (Å²) < 4.78 is 14.7. The molecule has 0 saturated heterocycles. The van der Waals surface area contributed by atoms with E-state index in [2.05, 4.69) is 10.4 Å². The van der Waals surface area contributed by atoms with Crippen molar-refractivity contribution in [2.24, 2.45) is 0 Å². The number of benzene rings is 1. The first kappa shape index (κ1) is 14.9. The van der Waals surface area contributed by atoms with Crippen LogP contribution >= 0.6 is 0 Å². The minimum absolute atomic E-state index is 0.101. The maximum absolute atomic E-state index is 13.4. The van der Waals surface area contributed by atoms with Crippen molar-refractivity contribution in [3.05, 3.63) is 57.8 Å². The van der Waals surface area contributed by atoms with Gasteiger partial charge in [0, 0.05) is 11.8 Å². The van der Waals surface area contributed by atoms with Crippen LogP contribution in [0.5, 0.6) is 0 Å². The van der Waals surface area contributed by atoms with Crippen molar-refractivity contribution in [2.45, 2.75) is 26.8 Å². The van der Waals surface area contributed by atoms with E-state index in [0.717, 1.165) is 0 Å². The number of nitrogens with zero attached hydrogens (tertiary/aromatic N) is 2. The van der Waals surface area contributed by atoms with Gasteiger partial charge in [0.05, 0.1) is 6.04 Å². The van der Waals surface area contributed by atoms with Gasteiger partial charge in [0.25, 0.3) is 11.5 Å². The van der Waals surface area contributed by atoms with Gasteiger partial charge in [0.15, 0.2) is 0 Å². The number of carbonyl (C=O) groups excluding carboxylic acids is 1. The molecule has 1 N–H and O–H groups in total. The second-order valence-electron chi connectivity index (χ2n) is 5.01. The summed E-state index contributed by atoms with van der Waals surface area (Å²) in [7, 11) is 0. The standard InChI is InChI=1S/C15H16FN3O2/c1-9(2)19-14(20)7-6-13(18-19)15(21)17-11-5-4-10(3)12(16)8-11/h4-9H,1-3H3,(H,17,21). The topological polar surface area (TPSA) is 64.0 Å². The van der Waals surface area contributed by atoms with Crippen molar-refractivity contribution in [3.8, 4) is 0 Å². The average Bonchev–Trinajstić information content (AvgIpc) is 2.43. The van der Waals surface area contributed by atoms with Crippen LogP contribution in [0.3, 0.4) is 0 Å². The molecule has 0 aliphatic rings. The Balaban J connectivity index is 2.26. The monoisotopic (exact) mass is 289 g/mol. The van der Waals surface area contributed by atoms with E-state index < -0.39 is 11.7 Å². The molecule has 0 saturated carbocycles. The molecule has 0 aliphatic heterocycles. The SMILES string of the molecule is Cc1ccc(NC(=O)c2ccc(=O)n(C(C)C)n2)cc1F. The molecular weight excluding hydrogens is 273 g/mol. The molecule has 1 aromatic heterocycles. The highest BCUT2D eigenvalue weighted by atomic mass is 19.1. The fraction of sp³-hybridized carbons (Fsp3) is 0.267. The summed E-state index contributed by atoms with van der Waals surface area (Å²) >= 11 is 0. The third-order valence-electron chi connectivity index (χ3n) is 2.98. The number of halogens is 1. The zero-order valence-corrected chi connectivity index (χ0v) is 12.1. The van der Waals surface area contributed by atoms with E-state index >= 15 is 0 Å². The number of carbonyl (C=O) groups is 1. The molecule has 0 unspecified atom stereocenters. The Hall–Kier alpha value is -2.50. The fourth-order valence-electron chi connectivity index (χ4n) is 1.78. The second-order valence-corrected chi connectivity index (χ2v) is 5.01. The first-order valence-corrected chi connectivity index (χ1v) is 6.56. The Morgan fingerprint density at radius 2 is 2.00 bits per heavy atom. The van der Waals surface area contributed by atoms with Crippen LogP contribution in [0, 0.1) is 12.7 Å². The number of aromatic nitrogens is 2. The first-order valence-electron chi connectivity index (χ1n) is 6.56. The highest BCUT2D eigenvalue weighted by Gasteiger charge is 2.12. The summed E-state index contributed by atoms with van der Waals surface area (Å²) in [6, 6.07) is 6.91. The van der Waals surface area contributed by atoms with Gasteiger partial charge in [-0.2, -0.15) is 5.10 Å². The van der Waals surface area contributed by atoms with Crippen molar-refractivity contribution in [3.63, 3.8) is 0 Å². The molecule has 1 heterocycles. The number of amides is 1. The lowest BCUT2D eigenvalue weighted by atomic mass is 10.2. The Kier molecular flexibility index (Phi) is 4.16. The number of hydrogen-bond acceptors (Lipinski definition) is 3. The molecular formula is C15H16FN3O2. The predicted molar refractivity (Wildman–Crippen MR) is 78.0 cm³/mol. The minimum Gasteiger partial charge on any atom is -0.320 e. The molecule has 5 nitrogen and oxygen atoms in total. The summed E-state index contributed by atoms with van der Waals surface area (Å²) in [6.07, 6.45) is 0. The summed E-state index contributed by atoms with van der Waals surface area (Å²) in [4.78, 5) is 23.7. The predicted octanol–water partition coefficient (Wildman–Crippen LogP) is 2.52. The van der Waals surface area contributed by atoms with Gasteiger partial charge < -0.3 is 5.32 Å². The van der Waals surface area contributed by atoms with E-state index in [0.29, 0.717) is 11.3 Å². The zero-order valence-electron chi connectivity index (χ0n) is 12.1. The van der Waals surface area contributed by atoms with Gasteiger partial charge in [0.1, 0.15) is 11.5 Å². The van der Waals surface area contributed by atoms with Crippen molar-refractivity contribution in [1.82, 2.24) is 9.78 Å². The van der Waals surface area contributed by atoms with E-state index in [9.17, 15) is 14.0 Å². The molecule has 0 spiro atoms. The van der Waals surface area contributed by atoms with Crippen LogP contribution in [0.2, 0.25) is 0 Å². The first-order chi connectivity index (χ1) is 9.88. The molecule has 2 aromatic rings. The largest absolute Gasteiger partial charge is 0.320 e. The highest BCUT2D eigenvalue weighted by molar-refractivity contribution is 6.02. The van der Waals surface area contributed by atoms with Crippen molar-refractivity contribution in [1.29, 1.82) is 0 Å². The number of anilines is 1. The van der Waals surface area contributed by atoms with Crippen LogP contribution in [0.4, 0.5) is 10.1 Å². The Morgan fingerprint density at radius 3 is 2.62 bits per heavy atom. The minimum atomic E-state index is -0.493. The molecule has 21 heavy (non-hydrogen) atoms. The van der Waals surface area contributed by atoms with Gasteiger partial charge >= 0.3 is 0 Å². The molecule has 110 valence electrons. The maximum atomic E-state index is 13.4. The van der Waals surface area contributed by atoms with Crippen LogP contribution in [0.15, 0.2) is 35.1 Å². The normalized spacial score (nSPS) is 10.7. The zero-order chi connectivity index (χ0) is 15.6. The molecule has 1 amide bonds. The van der Waals surface area contributed by atoms with Crippen LogP contribution in [-0.4, -0.2) is 15.7 Å². The molecule has 0 fully saturated rings. The third-order valence-corrected chi connectivity index (χ3v) is 2.98.